The number of halogens is 2. The van der Waals surface area contributed by atoms with Gasteiger partial charge in [0.1, 0.15) is 36.3 Å². The number of nitrogens with zero attached hydrogens (tertiary/aromatic N) is 5. The molecule has 0 amide bonds. The highest BCUT2D eigenvalue weighted by Crippen LogP contribution is 2.60. The number of nitrogen functional groups attached to an aromatic ring is 1. The van der Waals surface area contributed by atoms with Gasteiger partial charge in [-0.2, -0.15) is 0 Å². The molecular weight excluding hydrogens is 650 g/mol. The van der Waals surface area contributed by atoms with E-state index in [4.69, 9.17) is 33.3 Å². The molecular formula is C19H21F2N7O10P2S2. The Morgan fingerprint density at radius 1 is 0.929 bits per heavy atom. The summed E-state index contributed by atoms with van der Waals surface area (Å²) in [6.45, 7) is -10.5. The second-order valence-electron chi connectivity index (χ2n) is 9.29. The number of alkyl halides is 2. The van der Waals surface area contributed by atoms with Crippen molar-refractivity contribution < 1.29 is 45.5 Å². The van der Waals surface area contributed by atoms with Crippen LogP contribution in [-0.4, -0.2) is 79.0 Å². The van der Waals surface area contributed by atoms with Gasteiger partial charge < -0.3 is 15.2 Å². The van der Waals surface area contributed by atoms with Crippen molar-refractivity contribution >= 4 is 55.1 Å². The summed E-state index contributed by atoms with van der Waals surface area (Å²) in [7, 11) is 0. The van der Waals surface area contributed by atoms with Gasteiger partial charge in [-0.05, 0) is 0 Å². The number of aromatic nitrogens is 6. The Labute approximate surface area is 243 Å². The van der Waals surface area contributed by atoms with Crippen molar-refractivity contribution in [2.24, 2.45) is 0 Å². The lowest BCUT2D eigenvalue weighted by atomic mass is 10.1. The molecule has 42 heavy (non-hydrogen) atoms. The van der Waals surface area contributed by atoms with Gasteiger partial charge in [-0.15, -0.1) is 0 Å². The zero-order valence-electron chi connectivity index (χ0n) is 20.8. The minimum atomic E-state index is -4.50. The van der Waals surface area contributed by atoms with Gasteiger partial charge in [0.25, 0.3) is 5.56 Å². The van der Waals surface area contributed by atoms with Gasteiger partial charge in [0.15, 0.2) is 36.3 Å². The Bertz CT molecular complexity index is 1730. The van der Waals surface area contributed by atoms with E-state index < -0.39 is 87.3 Å². The highest BCUT2D eigenvalue weighted by Gasteiger charge is 2.54. The summed E-state index contributed by atoms with van der Waals surface area (Å²) in [5, 5.41) is 0. The van der Waals surface area contributed by atoms with Gasteiger partial charge in [-0.25, -0.2) is 37.7 Å². The topological polar surface area (TPSA) is 214 Å². The molecule has 228 valence electrons. The number of nitrogens with one attached hydrogen (secondary N) is 1. The van der Waals surface area contributed by atoms with Crippen LogP contribution in [0.25, 0.3) is 11.2 Å². The van der Waals surface area contributed by atoms with Crippen LogP contribution < -0.4 is 17.0 Å². The summed E-state index contributed by atoms with van der Waals surface area (Å²) in [6, 6.07) is 0.967. The van der Waals surface area contributed by atoms with Crippen molar-refractivity contribution in [1.29, 1.82) is 0 Å². The number of thiol groups is 2. The monoisotopic (exact) mass is 671 g/mol. The van der Waals surface area contributed by atoms with Gasteiger partial charge in [0, 0.05) is 12.3 Å². The number of nitrogens with two attached hydrogens (primary N) is 1. The van der Waals surface area contributed by atoms with Gasteiger partial charge in [0.2, 0.25) is 0 Å². The van der Waals surface area contributed by atoms with E-state index in [-0.39, 0.29) is 17.0 Å². The molecule has 0 saturated carbocycles. The van der Waals surface area contributed by atoms with Crippen molar-refractivity contribution in [3.63, 3.8) is 0 Å². The number of imidazole rings is 1. The standard InChI is InChI=1S/C19H21F2N7O10P2S2/c20-10-7-3-33-39(31,41)37-13-8(36-17(11(13)21)28-6-25-12-15(22)23-5-24-16(12)28)4-34-40(32,42)38-14(10)18(35-7)27-2-1-9(29)26-19(27)30/h1-2,5-8,10-11,13-14,17-18H,3-4H2,(H,31,41)(H,32,42)(H2,22,23,24)(H,26,29,30)/t7-,8?,10-,11-,13-,14-,17-,18-,39?,40?/m1/s1. The van der Waals surface area contributed by atoms with Crippen LogP contribution in [0.4, 0.5) is 14.6 Å². The van der Waals surface area contributed by atoms with Gasteiger partial charge >= 0.3 is 19.3 Å². The van der Waals surface area contributed by atoms with Crippen LogP contribution in [0.15, 0.2) is 34.5 Å². The molecule has 3 fully saturated rings. The van der Waals surface area contributed by atoms with Crippen LogP contribution in [0.5, 0.6) is 0 Å². The molecule has 0 radical (unpaired) electrons. The van der Waals surface area contributed by atoms with Crippen molar-refractivity contribution in [3.8, 4) is 0 Å². The summed E-state index contributed by atoms with van der Waals surface area (Å²) in [5.41, 5.74) is 4.36. The number of fused-ring (bicyclic) bond motifs is 4. The van der Waals surface area contributed by atoms with Crippen LogP contribution in [-0.2, 0) is 36.7 Å². The maximum absolute atomic E-state index is 15.9. The lowest BCUT2D eigenvalue weighted by Crippen LogP contribution is -2.37. The first-order valence-electron chi connectivity index (χ1n) is 12.0. The third-order valence-corrected chi connectivity index (χ3v) is 9.86. The van der Waals surface area contributed by atoms with Gasteiger partial charge in [-0.1, -0.05) is 24.5 Å². The highest BCUT2D eigenvalue weighted by molar-refractivity contribution is 8.44. The third-order valence-electron chi connectivity index (χ3n) is 6.63. The second-order valence-corrected chi connectivity index (χ2v) is 15.0. The van der Waals surface area contributed by atoms with E-state index in [0.717, 1.165) is 23.2 Å². The van der Waals surface area contributed by atoms with E-state index in [1.165, 1.54) is 10.9 Å². The highest BCUT2D eigenvalue weighted by atomic mass is 32.7. The van der Waals surface area contributed by atoms with Crippen molar-refractivity contribution in [3.05, 3.63) is 45.8 Å². The van der Waals surface area contributed by atoms with Crippen LogP contribution >= 0.6 is 38.1 Å². The van der Waals surface area contributed by atoms with Crippen LogP contribution in [0, 0.1) is 0 Å². The van der Waals surface area contributed by atoms with E-state index in [1.54, 1.807) is 0 Å². The first-order valence-corrected chi connectivity index (χ1v) is 17.4. The smallest absolute Gasteiger partial charge is 0.382 e. The average molecular weight is 671 g/mol. The molecule has 3 N–H and O–H groups in total. The number of H-pyrrole nitrogens is 1. The van der Waals surface area contributed by atoms with Crippen LogP contribution in [0.1, 0.15) is 12.5 Å². The number of aromatic amines is 1. The summed E-state index contributed by atoms with van der Waals surface area (Å²) in [4.78, 5) is 37.8. The van der Waals surface area contributed by atoms with Crippen molar-refractivity contribution in [2.45, 2.75) is 49.2 Å². The molecule has 0 aliphatic carbocycles. The molecule has 17 nitrogen and oxygen atoms in total. The first-order chi connectivity index (χ1) is 19.8. The Morgan fingerprint density at radius 3 is 2.31 bits per heavy atom. The fourth-order valence-corrected chi connectivity index (χ4v) is 7.66. The molecule has 6 rings (SSSR count). The Hall–Kier alpha value is -2.19. The number of hydrogen-bond donors (Lipinski definition) is 4. The summed E-state index contributed by atoms with van der Waals surface area (Å²) in [6.07, 6.45) is -10.4. The van der Waals surface area contributed by atoms with E-state index in [1.807, 2.05) is 4.98 Å². The summed E-state index contributed by atoms with van der Waals surface area (Å²) in [5.74, 6) is 0.0289. The Morgan fingerprint density at radius 2 is 1.60 bits per heavy atom. The number of ether oxygens (including phenoxy) is 2. The molecule has 2 bridgehead atoms. The van der Waals surface area contributed by atoms with Crippen molar-refractivity contribution in [2.75, 3.05) is 18.9 Å². The first kappa shape index (κ1) is 29.9. The molecule has 3 aromatic heterocycles. The van der Waals surface area contributed by atoms with Gasteiger partial charge in [-0.3, -0.25) is 37.0 Å². The maximum Gasteiger partial charge on any atom is 0.386 e. The van der Waals surface area contributed by atoms with E-state index in [0.29, 0.717) is 0 Å². The fraction of sp³-hybridized carbons (Fsp3) is 0.526. The molecule has 3 saturated heterocycles. The van der Waals surface area contributed by atoms with Gasteiger partial charge in [0.05, 0.1) is 19.5 Å². The Balaban J connectivity index is 1.31. The predicted octanol–water partition coefficient (Wildman–Crippen LogP) is 1.32. The largest absolute Gasteiger partial charge is 0.386 e. The minimum Gasteiger partial charge on any atom is -0.382 e. The van der Waals surface area contributed by atoms with Crippen molar-refractivity contribution in [1.82, 2.24) is 29.1 Å². The zero-order valence-corrected chi connectivity index (χ0v) is 24.4. The van der Waals surface area contributed by atoms with E-state index in [9.17, 15) is 18.7 Å². The van der Waals surface area contributed by atoms with Crippen LogP contribution in [0.3, 0.4) is 0 Å². The molecule has 3 unspecified atom stereocenters. The number of anilines is 1. The minimum absolute atomic E-state index is 0.0289. The molecule has 10 atom stereocenters. The molecule has 3 aliphatic rings. The third kappa shape index (κ3) is 5.58. The second kappa shape index (κ2) is 11.1. The molecule has 3 aliphatic heterocycles. The van der Waals surface area contributed by atoms with E-state index in [2.05, 4.69) is 39.4 Å². The molecule has 0 spiro atoms. The number of rotatable bonds is 2. The average Bonchev–Trinajstić information content (AvgIpc) is 3.57. The number of hydrogen-bond acceptors (Lipinski definition) is 14. The van der Waals surface area contributed by atoms with E-state index >= 15 is 8.78 Å². The maximum atomic E-state index is 15.9. The lowest BCUT2D eigenvalue weighted by Gasteiger charge is -2.26. The summed E-state index contributed by atoms with van der Waals surface area (Å²) < 4.78 is 92.5. The van der Waals surface area contributed by atoms with Crippen LogP contribution in [0.2, 0.25) is 0 Å². The fourth-order valence-electron chi connectivity index (χ4n) is 4.73. The Kier molecular flexibility index (Phi) is 7.87. The molecule has 0 aromatic carbocycles. The lowest BCUT2D eigenvalue weighted by molar-refractivity contribution is -0.0588. The normalized spacial score (nSPS) is 39.3. The summed E-state index contributed by atoms with van der Waals surface area (Å²) >= 11 is 7.81. The zero-order chi connectivity index (χ0) is 30.0. The molecule has 6 heterocycles. The molecule has 23 heteroatoms. The predicted molar refractivity (Wildman–Crippen MR) is 144 cm³/mol. The SMILES string of the molecule is Nc1ncnc2c1ncn2[C@@H]1OC2COP(=O)(S)O[C@@H]3[C@H](F)[C@@H](COP(=O)(S)O[C@H]2[C@H]1F)O[C@H]3n1ccc(=O)[nH]c1=O. The molecule has 3 aromatic rings. The quantitative estimate of drug-likeness (QED) is 0.224.